The lowest BCUT2D eigenvalue weighted by Crippen LogP contribution is -2.49. The molecule has 1 aliphatic heterocycles. The van der Waals surface area contributed by atoms with E-state index in [4.69, 9.17) is 4.98 Å². The summed E-state index contributed by atoms with van der Waals surface area (Å²) in [7, 11) is 0. The summed E-state index contributed by atoms with van der Waals surface area (Å²) in [5, 5.41) is 5.81. The molecule has 1 saturated heterocycles. The normalized spacial score (nSPS) is 20.2. The first-order valence-corrected chi connectivity index (χ1v) is 9.11. The maximum atomic E-state index is 12.7. The summed E-state index contributed by atoms with van der Waals surface area (Å²) in [5.74, 6) is -0.193. The number of thiazole rings is 1. The lowest BCUT2D eigenvalue weighted by molar-refractivity contribution is -0.139. The minimum absolute atomic E-state index is 0.0156. The third-order valence-electron chi connectivity index (χ3n) is 4.15. The van der Waals surface area contributed by atoms with Crippen molar-refractivity contribution in [3.63, 3.8) is 0 Å². The van der Waals surface area contributed by atoms with E-state index >= 15 is 0 Å². The Bertz CT molecular complexity index is 577. The van der Waals surface area contributed by atoms with Crippen LogP contribution in [-0.2, 0) is 15.0 Å². The largest absolute Gasteiger partial charge is 0.345 e. The lowest BCUT2D eigenvalue weighted by Gasteiger charge is -2.36. The summed E-state index contributed by atoms with van der Waals surface area (Å²) in [5.41, 5.74) is 1.09. The molecule has 1 aromatic heterocycles. The van der Waals surface area contributed by atoms with Gasteiger partial charge in [0.25, 0.3) is 0 Å². The molecule has 0 aromatic carbocycles. The van der Waals surface area contributed by atoms with Crippen LogP contribution in [0.3, 0.4) is 0 Å². The van der Waals surface area contributed by atoms with Gasteiger partial charge < -0.3 is 10.2 Å². The minimum Gasteiger partial charge on any atom is -0.345 e. The zero-order valence-electron chi connectivity index (χ0n) is 14.7. The monoisotopic (exact) mass is 337 g/mol. The molecule has 1 aliphatic rings. The van der Waals surface area contributed by atoms with Crippen LogP contribution in [0.15, 0.2) is 5.38 Å². The molecule has 128 valence electrons. The molecular formula is C17H27N3O2S. The van der Waals surface area contributed by atoms with Crippen LogP contribution >= 0.6 is 11.3 Å². The van der Waals surface area contributed by atoms with Crippen LogP contribution in [0.2, 0.25) is 0 Å². The fourth-order valence-electron chi connectivity index (χ4n) is 2.85. The molecule has 2 heterocycles. The van der Waals surface area contributed by atoms with Crippen molar-refractivity contribution in [2.45, 2.75) is 71.4 Å². The van der Waals surface area contributed by atoms with Crippen LogP contribution in [-0.4, -0.2) is 34.3 Å². The number of nitrogens with one attached hydrogen (secondary N) is 1. The number of likely N-dealkylation sites (tertiary alicyclic amines) is 1. The van der Waals surface area contributed by atoms with E-state index in [9.17, 15) is 9.59 Å². The first-order chi connectivity index (χ1) is 10.7. The fourth-order valence-corrected chi connectivity index (χ4v) is 4.04. The second-order valence-electron chi connectivity index (χ2n) is 7.29. The summed E-state index contributed by atoms with van der Waals surface area (Å²) >= 11 is 1.64. The van der Waals surface area contributed by atoms with Crippen molar-refractivity contribution in [1.29, 1.82) is 0 Å². The third kappa shape index (κ3) is 4.31. The number of hydrogen-bond donors (Lipinski definition) is 1. The van der Waals surface area contributed by atoms with Gasteiger partial charge in [0.05, 0.1) is 11.7 Å². The zero-order valence-corrected chi connectivity index (χ0v) is 15.5. The number of rotatable bonds is 3. The predicted octanol–water partition coefficient (Wildman–Crippen LogP) is 3.02. The number of carbonyl (C=O) groups is 2. The molecule has 6 heteroatoms. The van der Waals surface area contributed by atoms with Gasteiger partial charge in [-0.15, -0.1) is 11.3 Å². The standard InChI is InChI=1S/C17H27N3O2S/c1-11(18-12(2)21)16(22)20-9-7-6-8-13(20)15-19-14(10-23-15)17(3,4)5/h10-11,13H,6-9H2,1-5H3,(H,18,21)/t11-,13+/m0/s1. The number of hydrogen-bond acceptors (Lipinski definition) is 4. The summed E-state index contributed by atoms with van der Waals surface area (Å²) in [6, 6.07) is -0.455. The van der Waals surface area contributed by atoms with Gasteiger partial charge in [0.2, 0.25) is 11.8 Å². The highest BCUT2D eigenvalue weighted by atomic mass is 32.1. The van der Waals surface area contributed by atoms with Gasteiger partial charge in [0.1, 0.15) is 11.0 Å². The maximum absolute atomic E-state index is 12.7. The van der Waals surface area contributed by atoms with E-state index in [0.29, 0.717) is 0 Å². The molecule has 1 fully saturated rings. The van der Waals surface area contributed by atoms with Crippen molar-refractivity contribution in [3.8, 4) is 0 Å². The van der Waals surface area contributed by atoms with E-state index < -0.39 is 6.04 Å². The van der Waals surface area contributed by atoms with Crippen molar-refractivity contribution in [2.75, 3.05) is 6.54 Å². The Kier molecular flexibility index (Phi) is 5.45. The minimum atomic E-state index is -0.491. The Labute approximate surface area is 142 Å². The molecule has 2 amide bonds. The van der Waals surface area contributed by atoms with Gasteiger partial charge in [-0.2, -0.15) is 0 Å². The Morgan fingerprint density at radius 3 is 2.65 bits per heavy atom. The highest BCUT2D eigenvalue weighted by Gasteiger charge is 2.33. The number of piperidine rings is 1. The number of aromatic nitrogens is 1. The zero-order chi connectivity index (χ0) is 17.2. The van der Waals surface area contributed by atoms with Crippen LogP contribution in [0.4, 0.5) is 0 Å². The fraction of sp³-hybridized carbons (Fsp3) is 0.706. The Balaban J connectivity index is 2.20. The third-order valence-corrected chi connectivity index (χ3v) is 5.10. The second-order valence-corrected chi connectivity index (χ2v) is 8.18. The molecule has 0 unspecified atom stereocenters. The Morgan fingerprint density at radius 1 is 1.39 bits per heavy atom. The van der Waals surface area contributed by atoms with E-state index in [2.05, 4.69) is 31.5 Å². The van der Waals surface area contributed by atoms with E-state index in [-0.39, 0.29) is 23.3 Å². The quantitative estimate of drug-likeness (QED) is 0.922. The predicted molar refractivity (Wildman–Crippen MR) is 92.4 cm³/mol. The Hall–Kier alpha value is -1.43. The van der Waals surface area contributed by atoms with Gasteiger partial charge in [0, 0.05) is 24.3 Å². The van der Waals surface area contributed by atoms with Crippen molar-refractivity contribution < 1.29 is 9.59 Å². The molecule has 1 aromatic rings. The van der Waals surface area contributed by atoms with Crippen molar-refractivity contribution in [1.82, 2.24) is 15.2 Å². The van der Waals surface area contributed by atoms with Gasteiger partial charge in [-0.1, -0.05) is 20.8 Å². The van der Waals surface area contributed by atoms with E-state index in [0.717, 1.165) is 36.5 Å². The second kappa shape index (κ2) is 6.99. The number of carbonyl (C=O) groups excluding carboxylic acids is 2. The number of nitrogens with zero attached hydrogens (tertiary/aromatic N) is 2. The molecule has 0 aliphatic carbocycles. The number of amides is 2. The van der Waals surface area contributed by atoms with Crippen LogP contribution < -0.4 is 5.32 Å². The van der Waals surface area contributed by atoms with E-state index in [1.165, 1.54) is 6.92 Å². The van der Waals surface area contributed by atoms with Crippen LogP contribution in [0.5, 0.6) is 0 Å². The SMILES string of the molecule is CC(=O)N[C@@H](C)C(=O)N1CCCC[C@@H]1c1nc(C(C)(C)C)cs1. The summed E-state index contributed by atoms with van der Waals surface area (Å²) in [4.78, 5) is 30.6. The summed E-state index contributed by atoms with van der Waals surface area (Å²) in [6.45, 7) is 10.4. The maximum Gasteiger partial charge on any atom is 0.245 e. The van der Waals surface area contributed by atoms with Crippen molar-refractivity contribution in [3.05, 3.63) is 16.1 Å². The molecule has 1 N–H and O–H groups in total. The van der Waals surface area contributed by atoms with Crippen molar-refractivity contribution >= 4 is 23.2 Å². The average molecular weight is 337 g/mol. The summed E-state index contributed by atoms with van der Waals surface area (Å²) < 4.78 is 0. The molecule has 2 rings (SSSR count). The van der Waals surface area contributed by atoms with Crippen molar-refractivity contribution in [2.24, 2.45) is 0 Å². The van der Waals surface area contributed by atoms with Gasteiger partial charge >= 0.3 is 0 Å². The lowest BCUT2D eigenvalue weighted by atomic mass is 9.93. The van der Waals surface area contributed by atoms with Crippen LogP contribution in [0.1, 0.15) is 70.6 Å². The molecule has 2 atom stereocenters. The van der Waals surface area contributed by atoms with E-state index in [1.807, 2.05) is 4.90 Å². The van der Waals surface area contributed by atoms with Gasteiger partial charge in [0.15, 0.2) is 0 Å². The van der Waals surface area contributed by atoms with Gasteiger partial charge in [-0.3, -0.25) is 9.59 Å². The molecule has 0 spiro atoms. The first kappa shape index (κ1) is 17.9. The highest BCUT2D eigenvalue weighted by molar-refractivity contribution is 7.09. The Morgan fingerprint density at radius 2 is 2.09 bits per heavy atom. The molecule has 0 bridgehead atoms. The van der Waals surface area contributed by atoms with Crippen LogP contribution in [0.25, 0.3) is 0 Å². The molecule has 5 nitrogen and oxygen atoms in total. The van der Waals surface area contributed by atoms with Gasteiger partial charge in [-0.05, 0) is 26.2 Å². The highest BCUT2D eigenvalue weighted by Crippen LogP contribution is 2.35. The topological polar surface area (TPSA) is 62.3 Å². The molecule has 23 heavy (non-hydrogen) atoms. The van der Waals surface area contributed by atoms with Gasteiger partial charge in [-0.25, -0.2) is 4.98 Å². The van der Waals surface area contributed by atoms with E-state index in [1.54, 1.807) is 18.3 Å². The smallest absolute Gasteiger partial charge is 0.245 e. The molecular weight excluding hydrogens is 310 g/mol. The first-order valence-electron chi connectivity index (χ1n) is 8.23. The molecule has 0 radical (unpaired) electrons. The summed E-state index contributed by atoms with van der Waals surface area (Å²) in [6.07, 6.45) is 3.05. The van der Waals surface area contributed by atoms with Crippen LogP contribution in [0, 0.1) is 0 Å². The molecule has 0 saturated carbocycles. The average Bonchev–Trinajstić information content (AvgIpc) is 2.95.